The Hall–Kier alpha value is -0.220. The maximum absolute atomic E-state index is 11.7. The molecule has 0 aromatic carbocycles. The van der Waals surface area contributed by atoms with E-state index in [1.165, 1.54) is 13.5 Å². The third-order valence-corrected chi connectivity index (χ3v) is 4.66. The summed E-state index contributed by atoms with van der Waals surface area (Å²) in [5.74, 6) is 1.03. The second kappa shape index (κ2) is 5.61. The summed E-state index contributed by atoms with van der Waals surface area (Å²) in [7, 11) is 1.46. The number of esters is 1. The van der Waals surface area contributed by atoms with Gasteiger partial charge in [-0.05, 0) is 26.8 Å². The van der Waals surface area contributed by atoms with Crippen molar-refractivity contribution in [3.63, 3.8) is 0 Å². The molecular weight excluding hydrogens is 234 g/mol. The lowest BCUT2D eigenvalue weighted by Gasteiger charge is -2.30. The van der Waals surface area contributed by atoms with Gasteiger partial charge in [-0.2, -0.15) is 11.8 Å². The first-order valence-electron chi connectivity index (χ1n) is 6.22. The average Bonchev–Trinajstić information content (AvgIpc) is 2.38. The molecule has 1 aliphatic rings. The van der Waals surface area contributed by atoms with Crippen LogP contribution in [0.15, 0.2) is 0 Å². The first kappa shape index (κ1) is 14.8. The van der Waals surface area contributed by atoms with Gasteiger partial charge in [0.25, 0.3) is 0 Å². The second-order valence-electron chi connectivity index (χ2n) is 6.01. The van der Waals surface area contributed by atoms with Crippen LogP contribution in [0.2, 0.25) is 0 Å². The molecule has 1 rings (SSSR count). The highest BCUT2D eigenvalue weighted by Crippen LogP contribution is 2.31. The quantitative estimate of drug-likeness (QED) is 0.728. The van der Waals surface area contributed by atoms with Crippen LogP contribution in [0, 0.1) is 5.41 Å². The van der Waals surface area contributed by atoms with Gasteiger partial charge in [0.1, 0.15) is 0 Å². The first-order valence-corrected chi connectivity index (χ1v) is 7.20. The zero-order chi connectivity index (χ0) is 13.1. The van der Waals surface area contributed by atoms with E-state index in [4.69, 9.17) is 4.74 Å². The number of hydrogen-bond donors (Lipinski definition) is 0. The van der Waals surface area contributed by atoms with Crippen molar-refractivity contribution in [2.24, 2.45) is 5.41 Å². The molecule has 3 nitrogen and oxygen atoms in total. The summed E-state index contributed by atoms with van der Waals surface area (Å²) in [6, 6.07) is 0. The molecule has 0 bridgehead atoms. The van der Waals surface area contributed by atoms with E-state index in [1.807, 2.05) is 25.6 Å². The highest BCUT2D eigenvalue weighted by Gasteiger charge is 2.33. The Morgan fingerprint density at radius 3 is 2.65 bits per heavy atom. The molecular formula is C13H25NO2S. The minimum absolute atomic E-state index is 0.117. The number of carbonyl (C=O) groups is 1. The predicted molar refractivity (Wildman–Crippen MR) is 73.4 cm³/mol. The molecule has 17 heavy (non-hydrogen) atoms. The van der Waals surface area contributed by atoms with Crippen molar-refractivity contribution >= 4 is 17.7 Å². The van der Waals surface area contributed by atoms with Crippen LogP contribution in [0.5, 0.6) is 0 Å². The highest BCUT2D eigenvalue weighted by molar-refractivity contribution is 8.00. The van der Waals surface area contributed by atoms with Crippen LogP contribution in [0.1, 0.15) is 34.1 Å². The molecule has 100 valence electrons. The topological polar surface area (TPSA) is 29.5 Å². The summed E-state index contributed by atoms with van der Waals surface area (Å²) >= 11 is 2.03. The molecule has 0 aromatic rings. The van der Waals surface area contributed by atoms with Crippen molar-refractivity contribution in [2.45, 2.75) is 38.9 Å². The van der Waals surface area contributed by atoms with Gasteiger partial charge in [-0.15, -0.1) is 0 Å². The molecule has 0 unspecified atom stereocenters. The van der Waals surface area contributed by atoms with Crippen molar-refractivity contribution in [2.75, 3.05) is 32.5 Å². The predicted octanol–water partition coefficient (Wildman–Crippen LogP) is 2.40. The zero-order valence-electron chi connectivity index (χ0n) is 11.7. The molecule has 1 fully saturated rings. The summed E-state index contributed by atoms with van der Waals surface area (Å²) in [4.78, 5) is 14.1. The minimum Gasteiger partial charge on any atom is -0.469 e. The number of nitrogens with zero attached hydrogens (tertiary/aromatic N) is 1. The van der Waals surface area contributed by atoms with Crippen molar-refractivity contribution in [1.29, 1.82) is 0 Å². The summed E-state index contributed by atoms with van der Waals surface area (Å²) in [6.07, 6.45) is 1.18. The van der Waals surface area contributed by atoms with E-state index in [-0.39, 0.29) is 5.97 Å². The fraction of sp³-hybridized carbons (Fsp3) is 0.923. The molecule has 1 aliphatic heterocycles. The lowest BCUT2D eigenvalue weighted by molar-refractivity contribution is -0.151. The van der Waals surface area contributed by atoms with Crippen molar-refractivity contribution < 1.29 is 9.53 Å². The zero-order valence-corrected chi connectivity index (χ0v) is 12.5. The van der Waals surface area contributed by atoms with Crippen molar-refractivity contribution in [1.82, 2.24) is 4.90 Å². The number of ether oxygens (including phenoxy) is 1. The molecule has 0 atom stereocenters. The maximum Gasteiger partial charge on any atom is 0.312 e. The summed E-state index contributed by atoms with van der Waals surface area (Å²) in [6.45, 7) is 11.4. The standard InChI is InChI=1S/C13H25NO2S/c1-12(2,11(15)16-5)10-14-7-6-13(3,4)17-9-8-14/h6-10H2,1-5H3. The van der Waals surface area contributed by atoms with Crippen LogP contribution >= 0.6 is 11.8 Å². The van der Waals surface area contributed by atoms with Crippen LogP contribution in [-0.4, -0.2) is 48.1 Å². The summed E-state index contributed by atoms with van der Waals surface area (Å²) < 4.78 is 5.22. The third-order valence-electron chi connectivity index (χ3n) is 3.29. The lowest BCUT2D eigenvalue weighted by Crippen LogP contribution is -2.41. The number of hydrogen-bond acceptors (Lipinski definition) is 4. The molecule has 1 saturated heterocycles. The molecule has 0 spiro atoms. The fourth-order valence-corrected chi connectivity index (χ4v) is 3.26. The van der Waals surface area contributed by atoms with Crippen LogP contribution in [0.4, 0.5) is 0 Å². The summed E-state index contributed by atoms with van der Waals surface area (Å²) in [5, 5.41) is 0. The number of rotatable bonds is 3. The largest absolute Gasteiger partial charge is 0.469 e. The smallest absolute Gasteiger partial charge is 0.312 e. The normalized spacial score (nSPS) is 21.9. The van der Waals surface area contributed by atoms with Crippen molar-refractivity contribution in [3.8, 4) is 0 Å². The van der Waals surface area contributed by atoms with E-state index in [0.29, 0.717) is 4.75 Å². The van der Waals surface area contributed by atoms with Gasteiger partial charge in [0.05, 0.1) is 12.5 Å². The Morgan fingerprint density at radius 2 is 2.06 bits per heavy atom. The second-order valence-corrected chi connectivity index (χ2v) is 7.81. The highest BCUT2D eigenvalue weighted by atomic mass is 32.2. The monoisotopic (exact) mass is 259 g/mol. The number of carbonyl (C=O) groups excluding carboxylic acids is 1. The van der Waals surface area contributed by atoms with Gasteiger partial charge < -0.3 is 9.64 Å². The maximum atomic E-state index is 11.7. The molecule has 1 heterocycles. The van der Waals surface area contributed by atoms with Gasteiger partial charge in [0.15, 0.2) is 0 Å². The van der Waals surface area contributed by atoms with Crippen LogP contribution in [0.3, 0.4) is 0 Å². The Balaban J connectivity index is 2.55. The minimum atomic E-state index is -0.409. The van der Waals surface area contributed by atoms with E-state index < -0.39 is 5.41 Å². The molecule has 0 radical (unpaired) electrons. The van der Waals surface area contributed by atoms with E-state index in [9.17, 15) is 4.79 Å². The van der Waals surface area contributed by atoms with E-state index in [0.717, 1.165) is 25.4 Å². The Bertz CT molecular complexity index is 277. The van der Waals surface area contributed by atoms with Crippen LogP contribution in [0.25, 0.3) is 0 Å². The van der Waals surface area contributed by atoms with E-state index in [1.54, 1.807) is 0 Å². The van der Waals surface area contributed by atoms with Gasteiger partial charge in [0.2, 0.25) is 0 Å². The Morgan fingerprint density at radius 1 is 1.41 bits per heavy atom. The van der Waals surface area contributed by atoms with Crippen LogP contribution in [-0.2, 0) is 9.53 Å². The average molecular weight is 259 g/mol. The lowest BCUT2D eigenvalue weighted by atomic mass is 9.92. The van der Waals surface area contributed by atoms with Gasteiger partial charge >= 0.3 is 5.97 Å². The van der Waals surface area contributed by atoms with Crippen molar-refractivity contribution in [3.05, 3.63) is 0 Å². The Labute approximate surface area is 109 Å². The molecule has 0 N–H and O–H groups in total. The molecule has 4 heteroatoms. The number of methoxy groups -OCH3 is 1. The SMILES string of the molecule is COC(=O)C(C)(C)CN1CCSC(C)(C)CC1. The first-order chi connectivity index (χ1) is 7.77. The Kier molecular flexibility index (Phi) is 4.90. The molecule has 0 aromatic heterocycles. The molecule has 0 saturated carbocycles. The molecule has 0 amide bonds. The van der Waals surface area contributed by atoms with E-state index >= 15 is 0 Å². The van der Waals surface area contributed by atoms with Gasteiger partial charge in [0, 0.05) is 23.6 Å². The van der Waals surface area contributed by atoms with E-state index in [2.05, 4.69) is 18.7 Å². The third kappa shape index (κ3) is 4.51. The van der Waals surface area contributed by atoms with Gasteiger partial charge in [-0.25, -0.2) is 0 Å². The molecule has 0 aliphatic carbocycles. The van der Waals surface area contributed by atoms with Gasteiger partial charge in [-0.1, -0.05) is 13.8 Å². The summed E-state index contributed by atoms with van der Waals surface area (Å²) in [5.41, 5.74) is -0.409. The van der Waals surface area contributed by atoms with Crippen LogP contribution < -0.4 is 0 Å². The number of thioether (sulfide) groups is 1. The van der Waals surface area contributed by atoms with Gasteiger partial charge in [-0.3, -0.25) is 4.79 Å². The fourth-order valence-electron chi connectivity index (χ4n) is 2.12.